The molecule has 2 aromatic rings. The monoisotopic (exact) mass is 256 g/mol. The summed E-state index contributed by atoms with van der Waals surface area (Å²) in [5.74, 6) is 1.56. The number of anilines is 1. The molecule has 0 aliphatic carbocycles. The van der Waals surface area contributed by atoms with Crippen LogP contribution in [0.25, 0.3) is 11.4 Å². The molecule has 19 heavy (non-hydrogen) atoms. The van der Waals surface area contributed by atoms with Gasteiger partial charge >= 0.3 is 0 Å². The second-order valence-corrected chi connectivity index (χ2v) is 4.70. The predicted molar refractivity (Wildman–Crippen MR) is 79.1 cm³/mol. The summed E-state index contributed by atoms with van der Waals surface area (Å²) in [5, 5.41) is 10.6. The van der Waals surface area contributed by atoms with E-state index >= 15 is 0 Å². The zero-order chi connectivity index (χ0) is 13.7. The van der Waals surface area contributed by atoms with Crippen LogP contribution in [-0.4, -0.2) is 21.2 Å². The molecule has 1 aromatic heterocycles. The molecule has 1 heterocycles. The normalized spacial score (nSPS) is 12.1. The fourth-order valence-corrected chi connectivity index (χ4v) is 1.97. The first-order valence-electron chi connectivity index (χ1n) is 6.56. The molecule has 0 fully saturated rings. The lowest BCUT2D eigenvalue weighted by Crippen LogP contribution is -2.15. The summed E-state index contributed by atoms with van der Waals surface area (Å²) in [5.41, 5.74) is 2.09. The Hall–Kier alpha value is -2.10. The molecule has 4 heteroatoms. The number of aromatic nitrogens is 3. The molecule has 0 saturated carbocycles. The number of benzene rings is 1. The van der Waals surface area contributed by atoms with Crippen molar-refractivity contribution in [3.05, 3.63) is 42.7 Å². The molecule has 0 aliphatic rings. The number of hydrogen-bond donors (Lipinski definition) is 2. The van der Waals surface area contributed by atoms with Gasteiger partial charge in [0.15, 0.2) is 5.82 Å². The highest BCUT2D eigenvalue weighted by Gasteiger charge is 2.10. The average Bonchev–Trinajstić information content (AvgIpc) is 2.83. The molecule has 1 unspecified atom stereocenters. The minimum Gasteiger partial charge on any atom is -0.382 e. The molecule has 0 spiro atoms. The highest BCUT2D eigenvalue weighted by Crippen LogP contribution is 2.25. The summed E-state index contributed by atoms with van der Waals surface area (Å²) >= 11 is 0. The number of aryl methyl sites for hydroxylation is 1. The van der Waals surface area contributed by atoms with E-state index in [9.17, 15) is 0 Å². The first-order valence-corrected chi connectivity index (χ1v) is 6.56. The molecule has 0 radical (unpaired) electrons. The Bertz CT molecular complexity index is 545. The lowest BCUT2D eigenvalue weighted by atomic mass is 10.1. The standard InChI is InChI=1S/C15H20N4/c1-4-5-8-11(2)16-14-10-7-6-9-13(14)15-17-12(3)18-19-15/h4,6-7,9-11,16H,1,5,8H2,2-3H3,(H,17,18,19). The SMILES string of the molecule is C=CCCC(C)Nc1ccccc1-c1n[nH]c(C)n1. The third-order valence-electron chi connectivity index (χ3n) is 2.97. The van der Waals surface area contributed by atoms with Crippen LogP contribution in [0, 0.1) is 6.92 Å². The minimum atomic E-state index is 0.388. The van der Waals surface area contributed by atoms with Gasteiger partial charge in [-0.1, -0.05) is 18.2 Å². The number of para-hydroxylation sites is 1. The first kappa shape index (κ1) is 13.3. The van der Waals surface area contributed by atoms with E-state index in [2.05, 4.69) is 40.1 Å². The third kappa shape index (κ3) is 3.44. The van der Waals surface area contributed by atoms with Crippen molar-refractivity contribution in [2.24, 2.45) is 0 Å². The summed E-state index contributed by atoms with van der Waals surface area (Å²) in [6, 6.07) is 8.50. The minimum absolute atomic E-state index is 0.388. The Balaban J connectivity index is 2.19. The summed E-state index contributed by atoms with van der Waals surface area (Å²) in [7, 11) is 0. The van der Waals surface area contributed by atoms with Gasteiger partial charge in [0.2, 0.25) is 0 Å². The molecular formula is C15H20N4. The molecule has 0 saturated heterocycles. The molecule has 2 rings (SSSR count). The van der Waals surface area contributed by atoms with Crippen molar-refractivity contribution in [3.63, 3.8) is 0 Å². The second kappa shape index (κ2) is 6.18. The van der Waals surface area contributed by atoms with Gasteiger partial charge in [-0.15, -0.1) is 6.58 Å². The largest absolute Gasteiger partial charge is 0.382 e. The fourth-order valence-electron chi connectivity index (χ4n) is 1.97. The third-order valence-corrected chi connectivity index (χ3v) is 2.97. The van der Waals surface area contributed by atoms with Gasteiger partial charge in [0.05, 0.1) is 0 Å². The van der Waals surface area contributed by atoms with Crippen molar-refractivity contribution in [3.8, 4) is 11.4 Å². The molecule has 100 valence electrons. The maximum Gasteiger partial charge on any atom is 0.183 e. The van der Waals surface area contributed by atoms with Crippen LogP contribution in [0.5, 0.6) is 0 Å². The Morgan fingerprint density at radius 1 is 1.42 bits per heavy atom. The van der Waals surface area contributed by atoms with Crippen LogP contribution in [0.1, 0.15) is 25.6 Å². The molecule has 1 aromatic carbocycles. The fraction of sp³-hybridized carbons (Fsp3) is 0.333. The van der Waals surface area contributed by atoms with Gasteiger partial charge in [-0.3, -0.25) is 5.10 Å². The molecule has 0 bridgehead atoms. The van der Waals surface area contributed by atoms with Gasteiger partial charge in [-0.25, -0.2) is 4.98 Å². The van der Waals surface area contributed by atoms with Crippen LogP contribution in [0.3, 0.4) is 0 Å². The van der Waals surface area contributed by atoms with Crippen molar-refractivity contribution in [2.75, 3.05) is 5.32 Å². The van der Waals surface area contributed by atoms with Gasteiger partial charge in [-0.05, 0) is 38.8 Å². The van der Waals surface area contributed by atoms with Crippen molar-refractivity contribution in [1.82, 2.24) is 15.2 Å². The van der Waals surface area contributed by atoms with E-state index in [4.69, 9.17) is 0 Å². The van der Waals surface area contributed by atoms with Crippen molar-refractivity contribution in [2.45, 2.75) is 32.7 Å². The van der Waals surface area contributed by atoms with Crippen LogP contribution in [0.2, 0.25) is 0 Å². The summed E-state index contributed by atoms with van der Waals surface area (Å²) < 4.78 is 0. The smallest absolute Gasteiger partial charge is 0.183 e. The molecule has 0 amide bonds. The maximum atomic E-state index is 4.39. The van der Waals surface area contributed by atoms with Crippen molar-refractivity contribution in [1.29, 1.82) is 0 Å². The second-order valence-electron chi connectivity index (χ2n) is 4.70. The average molecular weight is 256 g/mol. The number of rotatable bonds is 6. The van der Waals surface area contributed by atoms with Crippen LogP contribution in [-0.2, 0) is 0 Å². The molecular weight excluding hydrogens is 236 g/mol. The molecule has 0 aliphatic heterocycles. The zero-order valence-electron chi connectivity index (χ0n) is 11.5. The van der Waals surface area contributed by atoms with Gasteiger partial charge in [0, 0.05) is 17.3 Å². The quantitative estimate of drug-likeness (QED) is 0.777. The topological polar surface area (TPSA) is 53.6 Å². The van der Waals surface area contributed by atoms with E-state index in [1.54, 1.807) is 0 Å². The van der Waals surface area contributed by atoms with E-state index in [1.165, 1.54) is 0 Å². The lowest BCUT2D eigenvalue weighted by molar-refractivity contribution is 0.719. The van der Waals surface area contributed by atoms with Crippen LogP contribution in [0.4, 0.5) is 5.69 Å². The van der Waals surface area contributed by atoms with Crippen LogP contribution in [0.15, 0.2) is 36.9 Å². The van der Waals surface area contributed by atoms with E-state index in [0.29, 0.717) is 6.04 Å². The Kier molecular flexibility index (Phi) is 4.34. The highest BCUT2D eigenvalue weighted by molar-refractivity contribution is 5.73. The number of hydrogen-bond acceptors (Lipinski definition) is 3. The van der Waals surface area contributed by atoms with Crippen molar-refractivity contribution >= 4 is 5.69 Å². The number of H-pyrrole nitrogens is 1. The van der Waals surface area contributed by atoms with E-state index in [0.717, 1.165) is 35.7 Å². The summed E-state index contributed by atoms with van der Waals surface area (Å²) in [6.07, 6.45) is 4.02. The van der Waals surface area contributed by atoms with Gasteiger partial charge in [0.25, 0.3) is 0 Å². The maximum absolute atomic E-state index is 4.39. The van der Waals surface area contributed by atoms with Crippen LogP contribution >= 0.6 is 0 Å². The van der Waals surface area contributed by atoms with E-state index in [-0.39, 0.29) is 0 Å². The van der Waals surface area contributed by atoms with Gasteiger partial charge in [-0.2, -0.15) is 5.10 Å². The van der Waals surface area contributed by atoms with Gasteiger partial charge < -0.3 is 5.32 Å². The van der Waals surface area contributed by atoms with Crippen LogP contribution < -0.4 is 5.32 Å². The summed E-state index contributed by atoms with van der Waals surface area (Å²) in [6.45, 7) is 7.83. The van der Waals surface area contributed by atoms with Gasteiger partial charge in [0.1, 0.15) is 5.82 Å². The Morgan fingerprint density at radius 2 is 2.21 bits per heavy atom. The number of nitrogens with zero attached hydrogens (tertiary/aromatic N) is 2. The number of aromatic amines is 1. The Morgan fingerprint density at radius 3 is 2.89 bits per heavy atom. The first-order chi connectivity index (χ1) is 9.20. The molecule has 2 N–H and O–H groups in total. The van der Waals surface area contributed by atoms with E-state index in [1.807, 2.05) is 31.2 Å². The predicted octanol–water partition coefficient (Wildman–Crippen LogP) is 3.55. The highest BCUT2D eigenvalue weighted by atomic mass is 15.2. The van der Waals surface area contributed by atoms with Crippen molar-refractivity contribution < 1.29 is 0 Å². The zero-order valence-corrected chi connectivity index (χ0v) is 11.5. The molecule has 4 nitrogen and oxygen atoms in total. The Labute approximate surface area is 114 Å². The number of nitrogens with one attached hydrogen (secondary N) is 2. The molecule has 1 atom stereocenters. The van der Waals surface area contributed by atoms with E-state index < -0.39 is 0 Å². The lowest BCUT2D eigenvalue weighted by Gasteiger charge is -2.16. The summed E-state index contributed by atoms with van der Waals surface area (Å²) in [4.78, 5) is 4.39. The number of allylic oxidation sites excluding steroid dienone is 1.